The number of rotatable bonds is 5. The topological polar surface area (TPSA) is 46.3 Å². The molecule has 100 valence electrons. The second kappa shape index (κ2) is 6.55. The largest absolute Gasteiger partial charge is 0.339 e. The lowest BCUT2D eigenvalue weighted by molar-refractivity contribution is -0.134. The lowest BCUT2D eigenvalue weighted by atomic mass is 10.0. The van der Waals surface area contributed by atoms with Crippen LogP contribution in [0.5, 0.6) is 0 Å². The number of aryl methyl sites for hydroxylation is 1. The van der Waals surface area contributed by atoms with Crippen molar-refractivity contribution in [1.29, 1.82) is 0 Å². The molecule has 1 aromatic carbocycles. The molecule has 1 rings (SSSR count). The first-order chi connectivity index (χ1) is 8.51. The predicted octanol–water partition coefficient (Wildman–Crippen LogP) is 2.64. The molecule has 0 fully saturated rings. The molecule has 0 heterocycles. The zero-order chi connectivity index (χ0) is 13.7. The molecular weight excluding hydrogens is 224 g/mol. The Hall–Kier alpha value is -1.35. The van der Waals surface area contributed by atoms with Gasteiger partial charge in [0.15, 0.2) is 0 Å². The highest BCUT2D eigenvalue weighted by Gasteiger charge is 2.24. The van der Waals surface area contributed by atoms with E-state index in [2.05, 4.69) is 13.8 Å². The third-order valence-electron chi connectivity index (χ3n) is 3.45. The highest BCUT2D eigenvalue weighted by atomic mass is 16.2. The Kier molecular flexibility index (Phi) is 5.35. The average molecular weight is 248 g/mol. The van der Waals surface area contributed by atoms with Gasteiger partial charge in [-0.3, -0.25) is 4.79 Å². The summed E-state index contributed by atoms with van der Waals surface area (Å²) < 4.78 is 0. The van der Waals surface area contributed by atoms with Crippen molar-refractivity contribution in [2.75, 3.05) is 6.54 Å². The Morgan fingerprint density at radius 2 is 1.83 bits per heavy atom. The van der Waals surface area contributed by atoms with Crippen LogP contribution in [0.25, 0.3) is 0 Å². The molecular formula is C15H24N2O. The molecule has 18 heavy (non-hydrogen) atoms. The second-order valence-electron chi connectivity index (χ2n) is 4.77. The summed E-state index contributed by atoms with van der Waals surface area (Å²) in [5.41, 5.74) is 8.12. The van der Waals surface area contributed by atoms with Crippen LogP contribution < -0.4 is 5.73 Å². The number of nitrogens with two attached hydrogens (primary N) is 1. The Labute approximate surface area is 110 Å². The molecule has 0 radical (unpaired) electrons. The standard InChI is InChI=1S/C15H24N2O/c1-5-12(4)17(6-2)15(18)14(16)13-9-7-11(3)8-10-13/h7-10,12,14H,5-6,16H2,1-4H3. The lowest BCUT2D eigenvalue weighted by Crippen LogP contribution is -2.43. The van der Waals surface area contributed by atoms with Crippen molar-refractivity contribution in [3.63, 3.8) is 0 Å². The fourth-order valence-corrected chi connectivity index (χ4v) is 2.00. The van der Waals surface area contributed by atoms with Gasteiger partial charge in [0.2, 0.25) is 5.91 Å². The minimum absolute atomic E-state index is 0.00991. The third kappa shape index (κ3) is 3.33. The van der Waals surface area contributed by atoms with Gasteiger partial charge in [-0.1, -0.05) is 36.8 Å². The first-order valence-electron chi connectivity index (χ1n) is 6.63. The quantitative estimate of drug-likeness (QED) is 0.870. The van der Waals surface area contributed by atoms with Crippen molar-refractivity contribution in [2.24, 2.45) is 5.73 Å². The van der Waals surface area contributed by atoms with Crippen molar-refractivity contribution < 1.29 is 4.79 Å². The molecule has 2 atom stereocenters. The average Bonchev–Trinajstić information content (AvgIpc) is 2.39. The Morgan fingerprint density at radius 1 is 1.28 bits per heavy atom. The molecule has 0 aliphatic carbocycles. The molecule has 2 unspecified atom stereocenters. The zero-order valence-corrected chi connectivity index (χ0v) is 11.8. The van der Waals surface area contributed by atoms with Crippen LogP contribution in [0.4, 0.5) is 0 Å². The lowest BCUT2D eigenvalue weighted by Gasteiger charge is -2.29. The van der Waals surface area contributed by atoms with Crippen LogP contribution in [-0.4, -0.2) is 23.4 Å². The highest BCUT2D eigenvalue weighted by Crippen LogP contribution is 2.16. The molecule has 0 aliphatic heterocycles. The Morgan fingerprint density at radius 3 is 2.28 bits per heavy atom. The van der Waals surface area contributed by atoms with Crippen molar-refractivity contribution in [2.45, 2.75) is 46.2 Å². The van der Waals surface area contributed by atoms with Gasteiger partial charge in [-0.15, -0.1) is 0 Å². The molecule has 0 aromatic heterocycles. The maximum absolute atomic E-state index is 12.4. The number of nitrogens with zero attached hydrogens (tertiary/aromatic N) is 1. The van der Waals surface area contributed by atoms with E-state index < -0.39 is 6.04 Å². The van der Waals surface area contributed by atoms with Crippen molar-refractivity contribution in [3.8, 4) is 0 Å². The molecule has 0 spiro atoms. The molecule has 3 nitrogen and oxygen atoms in total. The van der Waals surface area contributed by atoms with E-state index >= 15 is 0 Å². The maximum atomic E-state index is 12.4. The van der Waals surface area contributed by atoms with E-state index in [-0.39, 0.29) is 11.9 Å². The minimum Gasteiger partial charge on any atom is -0.339 e. The summed E-state index contributed by atoms with van der Waals surface area (Å²) in [5, 5.41) is 0. The van der Waals surface area contributed by atoms with Crippen LogP contribution in [0.3, 0.4) is 0 Å². The van der Waals surface area contributed by atoms with Crippen LogP contribution >= 0.6 is 0 Å². The van der Waals surface area contributed by atoms with Gasteiger partial charge >= 0.3 is 0 Å². The van der Waals surface area contributed by atoms with Crippen molar-refractivity contribution in [1.82, 2.24) is 4.90 Å². The molecule has 0 aliphatic rings. The molecule has 3 heteroatoms. The summed E-state index contributed by atoms with van der Waals surface area (Å²) in [7, 11) is 0. The molecule has 0 saturated carbocycles. The number of likely N-dealkylation sites (N-methyl/N-ethyl adjacent to an activating group) is 1. The van der Waals surface area contributed by atoms with E-state index in [4.69, 9.17) is 5.73 Å². The summed E-state index contributed by atoms with van der Waals surface area (Å²) in [5.74, 6) is 0.00991. The van der Waals surface area contributed by atoms with E-state index in [1.807, 2.05) is 43.0 Å². The summed E-state index contributed by atoms with van der Waals surface area (Å²) in [4.78, 5) is 14.2. The van der Waals surface area contributed by atoms with Crippen LogP contribution in [0.15, 0.2) is 24.3 Å². The first kappa shape index (κ1) is 14.7. The van der Waals surface area contributed by atoms with Crippen LogP contribution in [-0.2, 0) is 4.79 Å². The summed E-state index contributed by atoms with van der Waals surface area (Å²) >= 11 is 0. The summed E-state index contributed by atoms with van der Waals surface area (Å²) in [6, 6.07) is 7.52. The van der Waals surface area contributed by atoms with Gasteiger partial charge < -0.3 is 10.6 Å². The summed E-state index contributed by atoms with van der Waals surface area (Å²) in [6.45, 7) is 8.86. The van der Waals surface area contributed by atoms with Crippen molar-refractivity contribution in [3.05, 3.63) is 35.4 Å². The summed E-state index contributed by atoms with van der Waals surface area (Å²) in [6.07, 6.45) is 0.945. The number of carbonyl (C=O) groups excluding carboxylic acids is 1. The van der Waals surface area contributed by atoms with Crippen molar-refractivity contribution >= 4 is 5.91 Å². The fraction of sp³-hybridized carbons (Fsp3) is 0.533. The number of carbonyl (C=O) groups is 1. The molecule has 1 aromatic rings. The molecule has 1 amide bonds. The van der Waals surface area contributed by atoms with Gasteiger partial charge in [0, 0.05) is 12.6 Å². The first-order valence-corrected chi connectivity index (χ1v) is 6.63. The third-order valence-corrected chi connectivity index (χ3v) is 3.45. The van der Waals surface area contributed by atoms with Crippen LogP contribution in [0, 0.1) is 6.92 Å². The van der Waals surface area contributed by atoms with E-state index in [1.54, 1.807) is 0 Å². The normalized spacial score (nSPS) is 14.1. The second-order valence-corrected chi connectivity index (χ2v) is 4.77. The van der Waals surface area contributed by atoms with Crippen LogP contribution in [0.2, 0.25) is 0 Å². The number of hydrogen-bond acceptors (Lipinski definition) is 2. The van der Waals surface area contributed by atoms with E-state index in [1.165, 1.54) is 5.56 Å². The SMILES string of the molecule is CCC(C)N(CC)C(=O)C(N)c1ccc(C)cc1. The van der Waals surface area contributed by atoms with E-state index in [0.717, 1.165) is 12.0 Å². The molecule has 2 N–H and O–H groups in total. The maximum Gasteiger partial charge on any atom is 0.244 e. The van der Waals surface area contributed by atoms with E-state index in [0.29, 0.717) is 6.54 Å². The highest BCUT2D eigenvalue weighted by molar-refractivity contribution is 5.83. The Balaban J connectivity index is 2.85. The minimum atomic E-state index is -0.556. The molecule has 0 saturated heterocycles. The number of benzene rings is 1. The van der Waals surface area contributed by atoms with Gasteiger partial charge in [0.1, 0.15) is 6.04 Å². The van der Waals surface area contributed by atoms with Gasteiger partial charge in [0.25, 0.3) is 0 Å². The monoisotopic (exact) mass is 248 g/mol. The fourth-order valence-electron chi connectivity index (χ4n) is 2.00. The number of hydrogen-bond donors (Lipinski definition) is 1. The van der Waals surface area contributed by atoms with Gasteiger partial charge in [-0.2, -0.15) is 0 Å². The zero-order valence-electron chi connectivity index (χ0n) is 11.8. The smallest absolute Gasteiger partial charge is 0.244 e. The van der Waals surface area contributed by atoms with Gasteiger partial charge in [0.05, 0.1) is 0 Å². The molecule has 0 bridgehead atoms. The van der Waals surface area contributed by atoms with E-state index in [9.17, 15) is 4.79 Å². The van der Waals surface area contributed by atoms with Crippen LogP contribution in [0.1, 0.15) is 44.4 Å². The Bertz CT molecular complexity index is 386. The predicted molar refractivity (Wildman–Crippen MR) is 75.2 cm³/mol. The van der Waals surface area contributed by atoms with Gasteiger partial charge in [-0.25, -0.2) is 0 Å². The number of amides is 1. The van der Waals surface area contributed by atoms with Gasteiger partial charge in [-0.05, 0) is 32.8 Å².